The number of hydrogen-bond acceptors (Lipinski definition) is 6. The van der Waals surface area contributed by atoms with Crippen LogP contribution < -0.4 is 5.32 Å². The van der Waals surface area contributed by atoms with Crippen LogP contribution in [-0.4, -0.2) is 39.0 Å². The number of fused-ring (bicyclic) bond motifs is 1. The van der Waals surface area contributed by atoms with Crippen molar-refractivity contribution >= 4 is 30.7 Å². The molecule has 0 aliphatic heterocycles. The van der Waals surface area contributed by atoms with Crippen LogP contribution in [0.5, 0.6) is 0 Å². The van der Waals surface area contributed by atoms with Gasteiger partial charge < -0.3 is 14.6 Å². The Balaban J connectivity index is 1.74. The predicted molar refractivity (Wildman–Crippen MR) is 124 cm³/mol. The molecule has 1 aliphatic rings. The van der Waals surface area contributed by atoms with E-state index in [1.165, 1.54) is 0 Å². The predicted octanol–water partition coefficient (Wildman–Crippen LogP) is 4.59. The monoisotopic (exact) mass is 437 g/mol. The van der Waals surface area contributed by atoms with Crippen LogP contribution in [0.3, 0.4) is 0 Å². The van der Waals surface area contributed by atoms with E-state index in [1.54, 1.807) is 6.20 Å². The van der Waals surface area contributed by atoms with Gasteiger partial charge in [-0.1, -0.05) is 19.6 Å². The summed E-state index contributed by atoms with van der Waals surface area (Å²) in [4.78, 5) is 9.67. The Morgan fingerprint density at radius 2 is 1.97 bits per heavy atom. The van der Waals surface area contributed by atoms with Crippen LogP contribution in [0.4, 0.5) is 11.6 Å². The molecular weight excluding hydrogens is 406 g/mol. The van der Waals surface area contributed by atoms with Crippen LogP contribution in [0.15, 0.2) is 6.20 Å². The number of rotatable bonds is 8. The molecule has 0 saturated heterocycles. The van der Waals surface area contributed by atoms with Crippen LogP contribution >= 0.6 is 0 Å². The maximum atomic E-state index is 9.90. The maximum absolute atomic E-state index is 9.90. The summed E-state index contributed by atoms with van der Waals surface area (Å²) in [5.74, 6) is 0.923. The minimum absolute atomic E-state index is 0.385. The number of anilines is 2. The fourth-order valence-corrected chi connectivity index (χ4v) is 4.41. The van der Waals surface area contributed by atoms with E-state index >= 15 is 0 Å². The number of nitriles is 1. The minimum Gasteiger partial charge on any atom is -0.361 e. The third-order valence-corrected chi connectivity index (χ3v) is 7.67. The van der Waals surface area contributed by atoms with Gasteiger partial charge in [-0.2, -0.15) is 15.3 Å². The number of nitrogens with zero attached hydrogens (tertiary/aromatic N) is 6. The molecule has 0 radical (unpaired) electrons. The van der Waals surface area contributed by atoms with Crippen molar-refractivity contribution in [2.24, 2.45) is 7.05 Å². The first-order valence-electron chi connectivity index (χ1n) is 10.8. The SMILES string of the molecule is Cc1c(Nc2nc(C3CC3)c3c(C#N)c(C)n(COCC[Si](C)(C)C)c3n2)cnn1C. The number of ether oxygens (including phenoxy) is 1. The lowest BCUT2D eigenvalue weighted by Gasteiger charge is -2.16. The highest BCUT2D eigenvalue weighted by atomic mass is 28.3. The fraction of sp³-hybridized carbons (Fsp3) is 0.545. The average molecular weight is 438 g/mol. The molecule has 3 aromatic heterocycles. The van der Waals surface area contributed by atoms with E-state index in [0.29, 0.717) is 24.2 Å². The topological polar surface area (TPSA) is 93.6 Å². The van der Waals surface area contributed by atoms with E-state index in [-0.39, 0.29) is 0 Å². The molecule has 1 fully saturated rings. The summed E-state index contributed by atoms with van der Waals surface area (Å²) < 4.78 is 9.87. The van der Waals surface area contributed by atoms with E-state index < -0.39 is 8.07 Å². The Bertz CT molecular complexity index is 1160. The number of hydrogen-bond donors (Lipinski definition) is 1. The van der Waals surface area contributed by atoms with Crippen LogP contribution in [-0.2, 0) is 18.5 Å². The van der Waals surface area contributed by atoms with Gasteiger partial charge in [0.1, 0.15) is 18.4 Å². The molecule has 164 valence electrons. The van der Waals surface area contributed by atoms with E-state index in [0.717, 1.165) is 59.3 Å². The molecule has 0 atom stereocenters. The first-order valence-corrected chi connectivity index (χ1v) is 14.5. The van der Waals surface area contributed by atoms with Crippen molar-refractivity contribution in [3.8, 4) is 6.07 Å². The summed E-state index contributed by atoms with van der Waals surface area (Å²) in [5.41, 5.74) is 5.17. The van der Waals surface area contributed by atoms with Crippen molar-refractivity contribution in [2.75, 3.05) is 11.9 Å². The van der Waals surface area contributed by atoms with Gasteiger partial charge in [0, 0.05) is 33.3 Å². The van der Waals surface area contributed by atoms with Crippen molar-refractivity contribution in [1.29, 1.82) is 5.26 Å². The lowest BCUT2D eigenvalue weighted by atomic mass is 10.1. The Kier molecular flexibility index (Phi) is 5.62. The van der Waals surface area contributed by atoms with Gasteiger partial charge in [-0.3, -0.25) is 4.68 Å². The van der Waals surface area contributed by atoms with Crippen molar-refractivity contribution in [1.82, 2.24) is 24.3 Å². The highest BCUT2D eigenvalue weighted by molar-refractivity contribution is 6.76. The van der Waals surface area contributed by atoms with Crippen LogP contribution in [0.25, 0.3) is 11.0 Å². The Morgan fingerprint density at radius 1 is 1.23 bits per heavy atom. The lowest BCUT2D eigenvalue weighted by molar-refractivity contribution is 0.0886. The second-order valence-electron chi connectivity index (χ2n) is 9.65. The molecule has 0 amide bonds. The molecule has 0 bridgehead atoms. The Labute approximate surface area is 184 Å². The first kappa shape index (κ1) is 21.5. The molecule has 31 heavy (non-hydrogen) atoms. The molecule has 3 heterocycles. The lowest BCUT2D eigenvalue weighted by Crippen LogP contribution is -2.22. The molecule has 0 spiro atoms. The zero-order valence-corrected chi connectivity index (χ0v) is 20.3. The van der Waals surface area contributed by atoms with Crippen molar-refractivity contribution in [3.63, 3.8) is 0 Å². The first-order chi connectivity index (χ1) is 14.7. The maximum Gasteiger partial charge on any atom is 0.229 e. The highest BCUT2D eigenvalue weighted by Gasteiger charge is 2.31. The Hall–Kier alpha value is -2.70. The molecule has 3 aromatic rings. The highest BCUT2D eigenvalue weighted by Crippen LogP contribution is 2.44. The average Bonchev–Trinajstić information content (AvgIpc) is 3.46. The second-order valence-corrected chi connectivity index (χ2v) is 15.3. The summed E-state index contributed by atoms with van der Waals surface area (Å²) in [6, 6.07) is 3.50. The summed E-state index contributed by atoms with van der Waals surface area (Å²) in [6.45, 7) is 12.1. The third kappa shape index (κ3) is 4.36. The standard InChI is InChI=1S/C22H31N7OSi/c1-14-17(11-23)19-20(16-7-8-16)26-22(25-18-12-24-28(3)15(18)2)27-21(19)29(14)13-30-9-10-31(4,5)6/h12,16H,7-10,13H2,1-6H3,(H,25,26,27). The smallest absolute Gasteiger partial charge is 0.229 e. The van der Waals surface area contributed by atoms with Gasteiger partial charge in [0.15, 0.2) is 0 Å². The van der Waals surface area contributed by atoms with E-state index in [2.05, 4.69) is 36.1 Å². The van der Waals surface area contributed by atoms with Gasteiger partial charge >= 0.3 is 0 Å². The molecule has 8 nitrogen and oxygen atoms in total. The van der Waals surface area contributed by atoms with Gasteiger partial charge in [-0.25, -0.2) is 4.98 Å². The third-order valence-electron chi connectivity index (χ3n) is 5.96. The molecule has 1 aliphatic carbocycles. The second kappa shape index (κ2) is 8.09. The van der Waals surface area contributed by atoms with Gasteiger partial charge in [0.05, 0.1) is 34.2 Å². The normalized spacial score (nSPS) is 14.2. The molecule has 0 unspecified atom stereocenters. The van der Waals surface area contributed by atoms with Gasteiger partial charge in [0.2, 0.25) is 5.95 Å². The molecule has 0 aromatic carbocycles. The van der Waals surface area contributed by atoms with Crippen molar-refractivity contribution in [2.45, 2.75) is 65.0 Å². The zero-order valence-electron chi connectivity index (χ0n) is 19.3. The van der Waals surface area contributed by atoms with Gasteiger partial charge in [-0.15, -0.1) is 0 Å². The van der Waals surface area contributed by atoms with Crippen LogP contribution in [0.2, 0.25) is 25.7 Å². The van der Waals surface area contributed by atoms with Crippen molar-refractivity contribution in [3.05, 3.63) is 28.8 Å². The van der Waals surface area contributed by atoms with Gasteiger partial charge in [-0.05, 0) is 32.7 Å². The van der Waals surface area contributed by atoms with Crippen LogP contribution in [0.1, 0.15) is 41.4 Å². The van der Waals surface area contributed by atoms with Gasteiger partial charge in [0.25, 0.3) is 0 Å². The fourth-order valence-electron chi connectivity index (χ4n) is 3.65. The van der Waals surface area contributed by atoms with E-state index in [1.807, 2.05) is 30.1 Å². The van der Waals surface area contributed by atoms with Crippen molar-refractivity contribution < 1.29 is 4.74 Å². The van der Waals surface area contributed by atoms with E-state index in [9.17, 15) is 5.26 Å². The molecule has 1 saturated carbocycles. The molecule has 4 rings (SSSR count). The molecule has 9 heteroatoms. The summed E-state index contributed by atoms with van der Waals surface area (Å²) >= 11 is 0. The van der Waals surface area contributed by atoms with E-state index in [4.69, 9.17) is 14.7 Å². The zero-order chi connectivity index (χ0) is 22.3. The summed E-state index contributed by atoms with van der Waals surface area (Å²) in [6.07, 6.45) is 3.97. The number of aryl methyl sites for hydroxylation is 1. The quantitative estimate of drug-likeness (QED) is 0.409. The number of nitrogens with one attached hydrogen (secondary N) is 1. The minimum atomic E-state index is -1.17. The number of aromatic nitrogens is 5. The molecule has 1 N–H and O–H groups in total. The summed E-state index contributed by atoms with van der Waals surface area (Å²) in [5, 5.41) is 18.4. The Morgan fingerprint density at radius 3 is 2.55 bits per heavy atom. The van der Waals surface area contributed by atoms with Crippen LogP contribution in [0, 0.1) is 25.2 Å². The summed E-state index contributed by atoms with van der Waals surface area (Å²) in [7, 11) is 0.743. The largest absolute Gasteiger partial charge is 0.361 e. The molecular formula is C22H31N7OSi.